The molecule has 186 valence electrons. The van der Waals surface area contributed by atoms with E-state index in [1.54, 1.807) is 18.2 Å². The quantitative estimate of drug-likeness (QED) is 0.251. The Kier molecular flexibility index (Phi) is 6.57. The summed E-state index contributed by atoms with van der Waals surface area (Å²) >= 11 is 7.44. The molecule has 0 spiro atoms. The van der Waals surface area contributed by atoms with E-state index in [2.05, 4.69) is 19.7 Å². The number of hydrogen-bond donors (Lipinski definition) is 1. The number of rotatable bonds is 5. The Labute approximate surface area is 222 Å². The van der Waals surface area contributed by atoms with Crippen molar-refractivity contribution in [3.63, 3.8) is 0 Å². The molecule has 1 N–H and O–H groups in total. The molecule has 8 heteroatoms. The maximum atomic E-state index is 14.4. The summed E-state index contributed by atoms with van der Waals surface area (Å²) < 4.78 is 16.6. The van der Waals surface area contributed by atoms with Crippen LogP contribution in [-0.2, 0) is 0 Å². The van der Waals surface area contributed by atoms with Crippen LogP contribution in [0.1, 0.15) is 38.1 Å². The Hall–Kier alpha value is -3.42. The minimum Gasteiger partial charge on any atom is -0.321 e. The number of H-pyrrole nitrogens is 1. The second kappa shape index (κ2) is 10.1. The van der Waals surface area contributed by atoms with Gasteiger partial charge in [0, 0.05) is 33.1 Å². The minimum atomic E-state index is -0.373. The van der Waals surface area contributed by atoms with Gasteiger partial charge in [0.15, 0.2) is 11.0 Å². The molecule has 5 nitrogen and oxygen atoms in total. The summed E-state index contributed by atoms with van der Waals surface area (Å²) in [7, 11) is 0. The summed E-state index contributed by atoms with van der Waals surface area (Å²) in [6.07, 6.45) is 5.59. The number of aromatic nitrogens is 4. The molecule has 6 rings (SSSR count). The topological polar surface area (TPSA) is 63.6 Å². The third-order valence-corrected chi connectivity index (χ3v) is 8.20. The Morgan fingerprint density at radius 1 is 0.919 bits per heavy atom. The van der Waals surface area contributed by atoms with Crippen molar-refractivity contribution in [3.8, 4) is 22.5 Å². The van der Waals surface area contributed by atoms with Crippen molar-refractivity contribution >= 4 is 34.3 Å². The minimum absolute atomic E-state index is 0.248. The number of hydrogen-bond acceptors (Lipinski definition) is 4. The summed E-state index contributed by atoms with van der Waals surface area (Å²) in [5, 5.41) is 11.0. The van der Waals surface area contributed by atoms with E-state index in [1.165, 1.54) is 30.3 Å². The van der Waals surface area contributed by atoms with Crippen LogP contribution in [0.25, 0.3) is 33.4 Å². The smallest absolute Gasteiger partial charge is 0.263 e. The van der Waals surface area contributed by atoms with Gasteiger partial charge in [-0.3, -0.25) is 9.36 Å². The molecule has 5 aromatic rings. The molecule has 0 amide bonds. The zero-order valence-electron chi connectivity index (χ0n) is 20.0. The van der Waals surface area contributed by atoms with Crippen molar-refractivity contribution in [2.45, 2.75) is 48.2 Å². The van der Waals surface area contributed by atoms with E-state index in [9.17, 15) is 9.18 Å². The summed E-state index contributed by atoms with van der Waals surface area (Å²) in [5.41, 5.74) is 2.73. The molecule has 1 aliphatic rings. The fraction of sp³-hybridized carbons (Fsp3) is 0.207. The Balaban J connectivity index is 1.55. The fourth-order valence-electron chi connectivity index (χ4n) is 5.14. The molecule has 0 unspecified atom stereocenters. The van der Waals surface area contributed by atoms with E-state index in [-0.39, 0.29) is 17.4 Å². The van der Waals surface area contributed by atoms with E-state index in [0.717, 1.165) is 42.6 Å². The van der Waals surface area contributed by atoms with Gasteiger partial charge in [0.1, 0.15) is 5.82 Å². The van der Waals surface area contributed by atoms with Crippen molar-refractivity contribution in [2.24, 2.45) is 0 Å². The van der Waals surface area contributed by atoms with Gasteiger partial charge in [-0.2, -0.15) is 0 Å². The molecule has 0 atom stereocenters. The van der Waals surface area contributed by atoms with E-state index in [1.807, 2.05) is 42.5 Å². The van der Waals surface area contributed by atoms with Gasteiger partial charge in [0.05, 0.1) is 4.90 Å². The lowest BCUT2D eigenvalue weighted by Crippen LogP contribution is -2.16. The molecule has 0 bridgehead atoms. The summed E-state index contributed by atoms with van der Waals surface area (Å²) in [6.45, 7) is 0. The van der Waals surface area contributed by atoms with Crippen LogP contribution in [0.5, 0.6) is 0 Å². The van der Waals surface area contributed by atoms with Gasteiger partial charge >= 0.3 is 0 Å². The first-order valence-corrected chi connectivity index (χ1v) is 13.6. The van der Waals surface area contributed by atoms with Gasteiger partial charge in [0.2, 0.25) is 0 Å². The number of fused-ring (bicyclic) bond motifs is 1. The number of aromatic amines is 1. The zero-order valence-corrected chi connectivity index (χ0v) is 21.5. The van der Waals surface area contributed by atoms with E-state index < -0.39 is 0 Å². The predicted octanol–water partition coefficient (Wildman–Crippen LogP) is 7.90. The van der Waals surface area contributed by atoms with Gasteiger partial charge in [-0.15, -0.1) is 10.2 Å². The maximum absolute atomic E-state index is 14.4. The van der Waals surface area contributed by atoms with Gasteiger partial charge in [-0.1, -0.05) is 73.3 Å². The van der Waals surface area contributed by atoms with Crippen LogP contribution >= 0.6 is 23.4 Å². The highest BCUT2D eigenvalue weighted by Gasteiger charge is 2.26. The van der Waals surface area contributed by atoms with Crippen LogP contribution in [0.2, 0.25) is 5.02 Å². The zero-order chi connectivity index (χ0) is 25.4. The molecule has 0 saturated heterocycles. The van der Waals surface area contributed by atoms with Crippen molar-refractivity contribution in [1.29, 1.82) is 0 Å². The SMILES string of the molecule is O=c1[nH]c2ccc(F)cc2c(-c2ccc(Cl)cc2)c1Sc1nnc(-c2ccccc2)n1C1CCCCC1. The Morgan fingerprint density at radius 2 is 1.68 bits per heavy atom. The fourth-order valence-corrected chi connectivity index (χ4v) is 6.34. The van der Waals surface area contributed by atoms with E-state index >= 15 is 0 Å². The number of nitrogens with one attached hydrogen (secondary N) is 1. The standard InChI is InChI=1S/C29H24ClFN4OS/c30-20-13-11-18(12-14-20)25-23-17-21(31)15-16-24(23)32-28(36)26(25)37-29-34-33-27(19-7-3-1-4-8-19)35(29)22-9-5-2-6-10-22/h1,3-4,7-8,11-17,22H,2,5-6,9-10H2,(H,32,36). The molecule has 2 heterocycles. The van der Waals surface area contributed by atoms with E-state index in [0.29, 0.717) is 31.5 Å². The monoisotopic (exact) mass is 530 g/mol. The number of pyridine rings is 1. The van der Waals surface area contributed by atoms with Crippen LogP contribution in [0, 0.1) is 5.82 Å². The van der Waals surface area contributed by atoms with Crippen LogP contribution in [0.15, 0.2) is 87.6 Å². The average Bonchev–Trinajstić information content (AvgIpc) is 3.35. The Bertz CT molecular complexity index is 1630. The number of halogens is 2. The molecule has 2 aromatic heterocycles. The highest BCUT2D eigenvalue weighted by molar-refractivity contribution is 7.99. The molecule has 1 fully saturated rings. The van der Waals surface area contributed by atoms with Crippen molar-refractivity contribution in [1.82, 2.24) is 19.7 Å². The Morgan fingerprint density at radius 3 is 2.43 bits per heavy atom. The van der Waals surface area contributed by atoms with Gasteiger partial charge in [-0.05, 0) is 60.5 Å². The summed E-state index contributed by atoms with van der Waals surface area (Å²) in [5.74, 6) is 0.425. The largest absolute Gasteiger partial charge is 0.321 e. The molecular formula is C29H24ClFN4OS. The number of nitrogens with zero attached hydrogens (tertiary/aromatic N) is 3. The first kappa shape index (κ1) is 23.9. The highest BCUT2D eigenvalue weighted by atomic mass is 35.5. The second-order valence-electron chi connectivity index (χ2n) is 9.29. The third-order valence-electron chi connectivity index (χ3n) is 6.90. The van der Waals surface area contributed by atoms with Crippen molar-refractivity contribution in [3.05, 3.63) is 94.0 Å². The van der Waals surface area contributed by atoms with Crippen LogP contribution < -0.4 is 5.56 Å². The van der Waals surface area contributed by atoms with E-state index in [4.69, 9.17) is 11.6 Å². The lowest BCUT2D eigenvalue weighted by atomic mass is 9.95. The third kappa shape index (κ3) is 4.69. The summed E-state index contributed by atoms with van der Waals surface area (Å²) in [6, 6.07) is 21.9. The van der Waals surface area contributed by atoms with Crippen molar-refractivity contribution in [2.75, 3.05) is 0 Å². The van der Waals surface area contributed by atoms with Crippen LogP contribution in [-0.4, -0.2) is 19.7 Å². The normalized spacial score (nSPS) is 14.3. The molecule has 1 saturated carbocycles. The lowest BCUT2D eigenvalue weighted by Gasteiger charge is -2.25. The highest BCUT2D eigenvalue weighted by Crippen LogP contribution is 2.41. The first-order valence-electron chi connectivity index (χ1n) is 12.4. The second-order valence-corrected chi connectivity index (χ2v) is 10.7. The predicted molar refractivity (Wildman–Crippen MR) is 147 cm³/mol. The first-order chi connectivity index (χ1) is 18.1. The molecule has 0 radical (unpaired) electrons. The molecule has 0 aliphatic heterocycles. The molecular weight excluding hydrogens is 507 g/mol. The van der Waals surface area contributed by atoms with Gasteiger partial charge < -0.3 is 4.98 Å². The van der Waals surface area contributed by atoms with Gasteiger partial charge in [-0.25, -0.2) is 4.39 Å². The lowest BCUT2D eigenvalue weighted by molar-refractivity contribution is 0.339. The average molecular weight is 531 g/mol. The van der Waals surface area contributed by atoms with Crippen LogP contribution in [0.3, 0.4) is 0 Å². The molecule has 3 aromatic carbocycles. The molecule has 1 aliphatic carbocycles. The van der Waals surface area contributed by atoms with Gasteiger partial charge in [0.25, 0.3) is 5.56 Å². The van der Waals surface area contributed by atoms with Crippen molar-refractivity contribution < 1.29 is 4.39 Å². The summed E-state index contributed by atoms with van der Waals surface area (Å²) in [4.78, 5) is 16.9. The molecule has 37 heavy (non-hydrogen) atoms. The number of benzene rings is 3. The maximum Gasteiger partial charge on any atom is 0.263 e. The van der Waals surface area contributed by atoms with Crippen LogP contribution in [0.4, 0.5) is 4.39 Å².